The van der Waals surface area contributed by atoms with Crippen LogP contribution < -0.4 is 10.6 Å². The minimum atomic E-state index is -1.45. The number of Topliss-reactive ketones (excluding diaryl/α,β-unsaturated/α-hetero) is 1. The fourth-order valence-electron chi connectivity index (χ4n) is 2.03. The number of nitrogens with one attached hydrogen (secondary N) is 2. The van der Waals surface area contributed by atoms with Crippen molar-refractivity contribution in [2.24, 2.45) is 0 Å². The Labute approximate surface area is 163 Å². The van der Waals surface area contributed by atoms with Gasteiger partial charge in [-0.3, -0.25) is 14.9 Å². The highest BCUT2D eigenvalue weighted by Gasteiger charge is 2.53. The van der Waals surface area contributed by atoms with Gasteiger partial charge in [-0.05, 0) is 59.2 Å². The van der Waals surface area contributed by atoms with Crippen LogP contribution in [0.15, 0.2) is 18.4 Å². The monoisotopic (exact) mass is 630 g/mol. The van der Waals surface area contributed by atoms with Gasteiger partial charge < -0.3 is 10.4 Å². The quantitative estimate of drug-likeness (QED) is 0.326. The van der Waals surface area contributed by atoms with E-state index >= 15 is 0 Å². The summed E-state index contributed by atoms with van der Waals surface area (Å²) in [6.07, 6.45) is 0. The molecule has 2 atom stereocenters. The summed E-state index contributed by atoms with van der Waals surface area (Å²) in [6.45, 7) is 2.73. The van der Waals surface area contributed by atoms with Crippen LogP contribution in [0.25, 0.3) is 0 Å². The molecule has 0 saturated heterocycles. The smallest absolute Gasteiger partial charge is 0.330 e. The van der Waals surface area contributed by atoms with Crippen LogP contribution in [0, 0.1) is 0 Å². The predicted molar refractivity (Wildman–Crippen MR) is 104 cm³/mol. The number of amides is 1. The van der Waals surface area contributed by atoms with Crippen LogP contribution in [-0.2, 0) is 14.4 Å². The van der Waals surface area contributed by atoms with Gasteiger partial charge in [-0.1, -0.05) is 22.6 Å². The molecule has 0 aromatic rings. The Morgan fingerprint density at radius 1 is 1.24 bits per heavy atom. The summed E-state index contributed by atoms with van der Waals surface area (Å²) >= 11 is 5.84. The maximum atomic E-state index is 11.9. The van der Waals surface area contributed by atoms with Gasteiger partial charge in [0.15, 0.2) is 11.3 Å². The van der Waals surface area contributed by atoms with Crippen LogP contribution >= 0.6 is 67.8 Å². The molecule has 116 valence electrons. The molecule has 0 spiro atoms. The lowest BCUT2D eigenvalue weighted by Crippen LogP contribution is -2.61. The Bertz CT molecular complexity index is 585. The fraction of sp³-hybridized carbons (Fsp3) is 0.417. The second-order valence-electron chi connectivity index (χ2n) is 4.38. The molecule has 9 heteroatoms. The number of aliphatic carboxylic acids is 1. The number of rotatable bonds is 4. The van der Waals surface area contributed by atoms with E-state index in [-0.39, 0.29) is 11.7 Å². The van der Waals surface area contributed by atoms with Crippen molar-refractivity contribution >= 4 is 85.4 Å². The molecule has 3 N–H and O–H groups in total. The number of likely N-dealkylation sites (N-methyl/N-ethyl adjacent to an activating group) is 1. The molecule has 0 radical (unpaired) electrons. The molecular weight excluding hydrogens is 617 g/mol. The van der Waals surface area contributed by atoms with E-state index in [1.54, 1.807) is 0 Å². The summed E-state index contributed by atoms with van der Waals surface area (Å²) < 4.78 is 0.426. The Balaban J connectivity index is 3.72. The Morgan fingerprint density at radius 2 is 1.76 bits per heavy atom. The van der Waals surface area contributed by atoms with E-state index in [2.05, 4.69) is 10.6 Å². The average Bonchev–Trinajstić information content (AvgIpc) is 2.34. The summed E-state index contributed by atoms with van der Waals surface area (Å²) in [4.78, 5) is 35.2. The van der Waals surface area contributed by atoms with Crippen LogP contribution in [0.5, 0.6) is 0 Å². The molecule has 1 amide bonds. The van der Waals surface area contributed by atoms with Gasteiger partial charge in [0.2, 0.25) is 5.91 Å². The van der Waals surface area contributed by atoms with Gasteiger partial charge in [0.05, 0.1) is 3.92 Å². The minimum absolute atomic E-state index is 0.240. The largest absolute Gasteiger partial charge is 0.480 e. The first kappa shape index (κ1) is 19.3. The van der Waals surface area contributed by atoms with Crippen LogP contribution in [-0.4, -0.2) is 39.3 Å². The highest BCUT2D eigenvalue weighted by molar-refractivity contribution is 14.1. The molecule has 1 rings (SSSR count). The molecule has 0 aromatic heterocycles. The Morgan fingerprint density at radius 3 is 2.10 bits per heavy atom. The third-order valence-corrected chi connectivity index (χ3v) is 7.12. The number of carboxylic acid groups (broad SMARTS) is 1. The van der Waals surface area contributed by atoms with Crippen LogP contribution in [0.1, 0.15) is 13.8 Å². The number of allylic oxidation sites excluding steroid dienone is 2. The minimum Gasteiger partial charge on any atom is -0.480 e. The summed E-state index contributed by atoms with van der Waals surface area (Å²) in [5.41, 5.74) is -0.690. The number of carbonyl (C=O) groups is 3. The number of carbonyl (C=O) groups excluding carboxylic acids is 2. The predicted octanol–water partition coefficient (Wildman–Crippen LogP) is 1.91. The van der Waals surface area contributed by atoms with E-state index in [0.29, 0.717) is 18.4 Å². The lowest BCUT2D eigenvalue weighted by molar-refractivity contribution is -0.142. The molecular formula is C12H13I3N2O4. The molecule has 0 heterocycles. The van der Waals surface area contributed by atoms with Gasteiger partial charge in [-0.25, -0.2) is 4.79 Å². The topological polar surface area (TPSA) is 95.5 Å². The van der Waals surface area contributed by atoms with Crippen molar-refractivity contribution in [3.8, 4) is 0 Å². The van der Waals surface area contributed by atoms with Gasteiger partial charge in [-0.15, -0.1) is 0 Å². The van der Waals surface area contributed by atoms with Crippen LogP contribution in [0.4, 0.5) is 0 Å². The van der Waals surface area contributed by atoms with E-state index < -0.39 is 15.4 Å². The van der Waals surface area contributed by atoms with E-state index in [1.165, 1.54) is 20.9 Å². The number of ketones is 1. The highest BCUT2D eigenvalue weighted by Crippen LogP contribution is 2.46. The Hall–Kier alpha value is 0.240. The third-order valence-electron chi connectivity index (χ3n) is 3.05. The van der Waals surface area contributed by atoms with Crippen LogP contribution in [0.3, 0.4) is 0 Å². The highest BCUT2D eigenvalue weighted by atomic mass is 127. The van der Waals surface area contributed by atoms with Crippen molar-refractivity contribution in [3.63, 3.8) is 0 Å². The summed E-state index contributed by atoms with van der Waals surface area (Å²) in [5.74, 6) is -1.65. The zero-order chi connectivity index (χ0) is 16.5. The van der Waals surface area contributed by atoms with Crippen LogP contribution in [0.2, 0.25) is 0 Å². The van der Waals surface area contributed by atoms with Gasteiger partial charge in [0, 0.05) is 25.4 Å². The Kier molecular flexibility index (Phi) is 6.62. The molecule has 0 fully saturated rings. The number of hydrogen-bond donors (Lipinski definition) is 3. The third kappa shape index (κ3) is 3.29. The standard InChI is InChI=1S/C12H13I3N2O4/c1-4(18)6-7(13)8(17-5(2)19)10(15)12(16-3,9(6)14)11(20)21/h10,16H,1-3H3,(H,17,19)(H,20,21). The first-order valence-electron chi connectivity index (χ1n) is 5.76. The molecule has 0 saturated carbocycles. The maximum Gasteiger partial charge on any atom is 0.330 e. The van der Waals surface area contributed by atoms with Gasteiger partial charge in [0.25, 0.3) is 0 Å². The number of hydrogen-bond acceptors (Lipinski definition) is 4. The average molecular weight is 630 g/mol. The molecule has 6 nitrogen and oxygen atoms in total. The van der Waals surface area contributed by atoms with Crippen molar-refractivity contribution in [1.29, 1.82) is 0 Å². The molecule has 21 heavy (non-hydrogen) atoms. The fourth-order valence-corrected chi connectivity index (χ4v) is 7.65. The number of alkyl halides is 1. The van der Waals surface area contributed by atoms with Gasteiger partial charge in [0.1, 0.15) is 0 Å². The van der Waals surface area contributed by atoms with Crippen molar-refractivity contribution in [2.75, 3.05) is 7.05 Å². The van der Waals surface area contributed by atoms with E-state index in [9.17, 15) is 19.5 Å². The van der Waals surface area contributed by atoms with E-state index in [4.69, 9.17) is 0 Å². The summed E-state index contributed by atoms with van der Waals surface area (Å²) in [6, 6.07) is 0. The molecule has 1 aliphatic carbocycles. The van der Waals surface area contributed by atoms with E-state index in [1.807, 2.05) is 67.8 Å². The number of carboxylic acids is 1. The lowest BCUT2D eigenvalue weighted by atomic mass is 9.85. The summed E-state index contributed by atoms with van der Waals surface area (Å²) in [5, 5.41) is 15.2. The number of halogens is 3. The normalized spacial score (nSPS) is 25.9. The lowest BCUT2D eigenvalue weighted by Gasteiger charge is -2.39. The van der Waals surface area contributed by atoms with Crippen molar-refractivity contribution < 1.29 is 19.5 Å². The van der Waals surface area contributed by atoms with Gasteiger partial charge in [-0.2, -0.15) is 0 Å². The van der Waals surface area contributed by atoms with Crippen molar-refractivity contribution in [3.05, 3.63) is 18.4 Å². The van der Waals surface area contributed by atoms with Crippen molar-refractivity contribution in [2.45, 2.75) is 23.3 Å². The zero-order valence-corrected chi connectivity index (χ0v) is 17.9. The second kappa shape index (κ2) is 7.21. The first-order valence-corrected chi connectivity index (χ1v) is 9.16. The molecule has 0 aliphatic heterocycles. The van der Waals surface area contributed by atoms with Gasteiger partial charge >= 0.3 is 5.97 Å². The molecule has 2 unspecified atom stereocenters. The maximum absolute atomic E-state index is 11.9. The zero-order valence-electron chi connectivity index (χ0n) is 11.4. The second-order valence-corrected chi connectivity index (χ2v) is 7.78. The van der Waals surface area contributed by atoms with E-state index in [0.717, 1.165) is 0 Å². The SMILES string of the molecule is CNC1(C(=O)O)C(I)=C(C(C)=O)C(I)=C(NC(C)=O)C1I. The molecule has 0 aromatic carbocycles. The first-order chi connectivity index (χ1) is 9.61. The molecule has 0 bridgehead atoms. The van der Waals surface area contributed by atoms with Crippen molar-refractivity contribution in [1.82, 2.24) is 10.6 Å². The molecule has 1 aliphatic rings. The summed E-state index contributed by atoms with van der Waals surface area (Å²) in [7, 11) is 1.53.